The van der Waals surface area contributed by atoms with Crippen molar-refractivity contribution < 1.29 is 9.18 Å². The molecule has 0 aliphatic rings. The molecule has 1 aromatic heterocycles. The summed E-state index contributed by atoms with van der Waals surface area (Å²) in [5, 5.41) is 0.219. The van der Waals surface area contributed by atoms with Crippen molar-refractivity contribution >= 4 is 17.4 Å². The maximum absolute atomic E-state index is 13.0. The van der Waals surface area contributed by atoms with Gasteiger partial charge in [0.2, 0.25) is 5.78 Å². The Hall–Kier alpha value is -1.68. The van der Waals surface area contributed by atoms with E-state index >= 15 is 0 Å². The maximum atomic E-state index is 13.0. The summed E-state index contributed by atoms with van der Waals surface area (Å²) in [7, 11) is 1.75. The van der Waals surface area contributed by atoms with E-state index in [0.717, 1.165) is 6.07 Å². The number of imidazole rings is 1. The number of ketones is 1. The van der Waals surface area contributed by atoms with Crippen molar-refractivity contribution in [2.45, 2.75) is 0 Å². The number of carbonyl (C=O) groups excluding carboxylic acids is 1. The molecule has 2 aromatic rings. The van der Waals surface area contributed by atoms with Crippen molar-refractivity contribution in [1.29, 1.82) is 0 Å². The molecule has 0 aliphatic heterocycles. The van der Waals surface area contributed by atoms with Gasteiger partial charge in [0.1, 0.15) is 11.5 Å². The Balaban J connectivity index is 2.45. The Bertz CT molecular complexity index is 551. The van der Waals surface area contributed by atoms with Crippen LogP contribution in [0.3, 0.4) is 0 Å². The van der Waals surface area contributed by atoms with Gasteiger partial charge in [-0.05, 0) is 18.2 Å². The highest BCUT2D eigenvalue weighted by atomic mass is 35.5. The van der Waals surface area contributed by atoms with Crippen LogP contribution in [0.25, 0.3) is 0 Å². The Morgan fingerprint density at radius 1 is 1.50 bits per heavy atom. The van der Waals surface area contributed by atoms with Crippen LogP contribution in [0.1, 0.15) is 16.1 Å². The number of rotatable bonds is 2. The molecule has 82 valence electrons. The molecule has 0 N–H and O–H groups in total. The quantitative estimate of drug-likeness (QED) is 0.754. The zero-order valence-corrected chi connectivity index (χ0v) is 9.20. The van der Waals surface area contributed by atoms with Gasteiger partial charge < -0.3 is 4.57 Å². The molecular formula is C11H8ClFN2O. The van der Waals surface area contributed by atoms with Crippen molar-refractivity contribution in [3.63, 3.8) is 0 Å². The van der Waals surface area contributed by atoms with Gasteiger partial charge in [-0.2, -0.15) is 0 Å². The van der Waals surface area contributed by atoms with E-state index in [1.807, 2.05) is 0 Å². The van der Waals surface area contributed by atoms with Crippen molar-refractivity contribution in [3.8, 4) is 0 Å². The molecule has 1 heterocycles. The van der Waals surface area contributed by atoms with Gasteiger partial charge in [-0.25, -0.2) is 9.37 Å². The molecule has 3 nitrogen and oxygen atoms in total. The van der Waals surface area contributed by atoms with Crippen LogP contribution in [0.15, 0.2) is 30.7 Å². The molecule has 2 rings (SSSR count). The van der Waals surface area contributed by atoms with Gasteiger partial charge in [-0.15, -0.1) is 0 Å². The topological polar surface area (TPSA) is 34.9 Å². The van der Waals surface area contributed by atoms with Crippen LogP contribution in [-0.4, -0.2) is 15.3 Å². The molecule has 0 aliphatic carbocycles. The van der Waals surface area contributed by atoms with Gasteiger partial charge in [0.05, 0.1) is 11.3 Å². The summed E-state index contributed by atoms with van der Waals surface area (Å²) in [4.78, 5) is 15.8. The van der Waals surface area contributed by atoms with Crippen molar-refractivity contribution in [1.82, 2.24) is 9.55 Å². The Labute approximate surface area is 96.5 Å². The Morgan fingerprint density at radius 2 is 2.25 bits per heavy atom. The largest absolute Gasteiger partial charge is 0.340 e. The summed E-state index contributed by atoms with van der Waals surface area (Å²) in [5.41, 5.74) is 0.371. The summed E-state index contributed by atoms with van der Waals surface area (Å²) < 4.78 is 14.6. The van der Waals surface area contributed by atoms with E-state index in [4.69, 9.17) is 11.6 Å². The van der Waals surface area contributed by atoms with Crippen molar-refractivity contribution in [2.75, 3.05) is 0 Å². The number of benzene rings is 1. The van der Waals surface area contributed by atoms with E-state index in [9.17, 15) is 9.18 Å². The van der Waals surface area contributed by atoms with E-state index in [-0.39, 0.29) is 22.1 Å². The Kier molecular flexibility index (Phi) is 2.75. The summed E-state index contributed by atoms with van der Waals surface area (Å²) in [6, 6.07) is 3.67. The van der Waals surface area contributed by atoms with Gasteiger partial charge in [0, 0.05) is 18.8 Å². The van der Waals surface area contributed by atoms with Crippen LogP contribution in [0.4, 0.5) is 4.39 Å². The maximum Gasteiger partial charge on any atom is 0.214 e. The van der Waals surface area contributed by atoms with Crippen molar-refractivity contribution in [2.24, 2.45) is 7.05 Å². The third kappa shape index (κ3) is 1.97. The fourth-order valence-corrected chi connectivity index (χ4v) is 1.54. The van der Waals surface area contributed by atoms with Gasteiger partial charge >= 0.3 is 0 Å². The SMILES string of the molecule is Cn1cnc(C(=O)c2cc(F)ccc2Cl)c1. The lowest BCUT2D eigenvalue weighted by Crippen LogP contribution is -2.03. The molecule has 0 amide bonds. The fourth-order valence-electron chi connectivity index (χ4n) is 1.34. The summed E-state index contributed by atoms with van der Waals surface area (Å²) in [5.74, 6) is -0.881. The van der Waals surface area contributed by atoms with E-state index in [1.54, 1.807) is 17.8 Å². The normalized spacial score (nSPS) is 10.4. The van der Waals surface area contributed by atoms with Crippen LogP contribution in [-0.2, 0) is 7.05 Å². The number of halogens is 2. The first-order valence-corrected chi connectivity index (χ1v) is 4.93. The lowest BCUT2D eigenvalue weighted by atomic mass is 10.1. The first-order valence-electron chi connectivity index (χ1n) is 4.55. The number of carbonyl (C=O) groups is 1. The van der Waals surface area contributed by atoms with E-state index < -0.39 is 5.82 Å². The molecule has 16 heavy (non-hydrogen) atoms. The highest BCUT2D eigenvalue weighted by Gasteiger charge is 2.15. The summed E-state index contributed by atoms with van der Waals surface area (Å²) in [6.07, 6.45) is 3.06. The van der Waals surface area contributed by atoms with Crippen LogP contribution >= 0.6 is 11.6 Å². The molecule has 0 atom stereocenters. The number of hydrogen-bond donors (Lipinski definition) is 0. The van der Waals surface area contributed by atoms with Crippen LogP contribution in [0.5, 0.6) is 0 Å². The second-order valence-electron chi connectivity index (χ2n) is 3.38. The predicted octanol–water partition coefficient (Wildman–Crippen LogP) is 2.44. The van der Waals surface area contributed by atoms with E-state index in [1.165, 1.54) is 18.5 Å². The molecule has 0 radical (unpaired) electrons. The monoisotopic (exact) mass is 238 g/mol. The summed E-state index contributed by atoms with van der Waals surface area (Å²) in [6.45, 7) is 0. The molecule has 5 heteroatoms. The third-order valence-electron chi connectivity index (χ3n) is 2.11. The second kappa shape index (κ2) is 4.06. The number of hydrogen-bond acceptors (Lipinski definition) is 2. The Morgan fingerprint density at radius 3 is 2.88 bits per heavy atom. The van der Waals surface area contributed by atoms with Gasteiger partial charge in [0.25, 0.3) is 0 Å². The minimum atomic E-state index is -0.497. The molecular weight excluding hydrogens is 231 g/mol. The number of nitrogens with zero attached hydrogens (tertiary/aromatic N) is 2. The molecule has 0 unspecified atom stereocenters. The predicted molar refractivity (Wildman–Crippen MR) is 58.1 cm³/mol. The smallest absolute Gasteiger partial charge is 0.214 e. The zero-order valence-electron chi connectivity index (χ0n) is 8.45. The lowest BCUT2D eigenvalue weighted by Gasteiger charge is -2.00. The molecule has 1 aromatic carbocycles. The minimum absolute atomic E-state index is 0.125. The molecule has 0 fully saturated rings. The number of aromatic nitrogens is 2. The van der Waals surface area contributed by atoms with Crippen LogP contribution in [0, 0.1) is 5.82 Å². The average Bonchev–Trinajstić information content (AvgIpc) is 2.67. The number of aryl methyl sites for hydroxylation is 1. The zero-order chi connectivity index (χ0) is 11.7. The first-order chi connectivity index (χ1) is 7.58. The highest BCUT2D eigenvalue weighted by Crippen LogP contribution is 2.19. The second-order valence-corrected chi connectivity index (χ2v) is 3.78. The molecule has 0 saturated heterocycles. The highest BCUT2D eigenvalue weighted by molar-refractivity contribution is 6.34. The third-order valence-corrected chi connectivity index (χ3v) is 2.44. The standard InChI is InChI=1S/C11H8ClFN2O/c1-15-5-10(14-6-15)11(16)8-4-7(13)2-3-9(8)12/h2-6H,1H3. The summed E-state index contributed by atoms with van der Waals surface area (Å²) >= 11 is 5.83. The van der Waals surface area contributed by atoms with Gasteiger partial charge in [-0.1, -0.05) is 11.6 Å². The van der Waals surface area contributed by atoms with Crippen LogP contribution in [0.2, 0.25) is 5.02 Å². The minimum Gasteiger partial charge on any atom is -0.340 e. The van der Waals surface area contributed by atoms with Crippen molar-refractivity contribution in [3.05, 3.63) is 52.8 Å². The fraction of sp³-hybridized carbons (Fsp3) is 0.0909. The molecule has 0 saturated carbocycles. The lowest BCUT2D eigenvalue weighted by molar-refractivity contribution is 0.103. The molecule has 0 bridgehead atoms. The van der Waals surface area contributed by atoms with Crippen LogP contribution < -0.4 is 0 Å². The van der Waals surface area contributed by atoms with E-state index in [0.29, 0.717) is 0 Å². The van der Waals surface area contributed by atoms with Gasteiger partial charge in [0.15, 0.2) is 0 Å². The van der Waals surface area contributed by atoms with E-state index in [2.05, 4.69) is 4.98 Å². The average molecular weight is 239 g/mol. The van der Waals surface area contributed by atoms with Gasteiger partial charge in [-0.3, -0.25) is 4.79 Å². The molecule has 0 spiro atoms. The first kappa shape index (κ1) is 10.8.